The second-order valence-electron chi connectivity index (χ2n) is 6.76. The van der Waals surface area contributed by atoms with Crippen LogP contribution in [0.3, 0.4) is 0 Å². The summed E-state index contributed by atoms with van der Waals surface area (Å²) in [5.41, 5.74) is 8.40. The van der Waals surface area contributed by atoms with E-state index >= 15 is 0 Å². The molecule has 1 unspecified atom stereocenters. The van der Waals surface area contributed by atoms with Gasteiger partial charge < -0.3 is 5.73 Å². The van der Waals surface area contributed by atoms with E-state index in [4.69, 9.17) is 5.73 Å². The topological polar surface area (TPSA) is 29.3 Å². The van der Waals surface area contributed by atoms with Crippen LogP contribution in [0.25, 0.3) is 0 Å². The molecule has 116 valence electrons. The molecule has 1 aliphatic heterocycles. The maximum absolute atomic E-state index is 6.78. The van der Waals surface area contributed by atoms with Crippen LogP contribution in [0.4, 0.5) is 0 Å². The number of hydrogen-bond donors (Lipinski definition) is 1. The van der Waals surface area contributed by atoms with Crippen LogP contribution in [-0.2, 0) is 6.42 Å². The van der Waals surface area contributed by atoms with Crippen molar-refractivity contribution in [3.8, 4) is 0 Å². The van der Waals surface area contributed by atoms with Crippen molar-refractivity contribution >= 4 is 15.9 Å². The van der Waals surface area contributed by atoms with Gasteiger partial charge in [0.05, 0.1) is 0 Å². The summed E-state index contributed by atoms with van der Waals surface area (Å²) in [4.78, 5) is 2.74. The Balaban J connectivity index is 1.78. The Labute approximate surface area is 137 Å². The van der Waals surface area contributed by atoms with Crippen molar-refractivity contribution in [2.24, 2.45) is 5.73 Å². The molecule has 1 aromatic rings. The maximum atomic E-state index is 6.78. The van der Waals surface area contributed by atoms with Crippen molar-refractivity contribution in [2.45, 2.75) is 62.9 Å². The minimum atomic E-state index is 0.247. The second kappa shape index (κ2) is 6.80. The lowest BCUT2D eigenvalue weighted by atomic mass is 9.82. The fourth-order valence-electron chi connectivity index (χ4n) is 4.34. The average Bonchev–Trinajstić information content (AvgIpc) is 3.01. The van der Waals surface area contributed by atoms with Gasteiger partial charge in [-0.05, 0) is 56.8 Å². The molecule has 1 saturated carbocycles. The summed E-state index contributed by atoms with van der Waals surface area (Å²) in [6.07, 6.45) is 10.4. The molecule has 1 aromatic carbocycles. The molecule has 3 heteroatoms. The number of nitrogens with zero attached hydrogens (tertiary/aromatic N) is 1. The highest BCUT2D eigenvalue weighted by Crippen LogP contribution is 2.40. The molecule has 3 rings (SSSR count). The SMILES string of the molecule is NC(Cc1ccccc1Br)C1(N2CCCCC2)CCCC1. The van der Waals surface area contributed by atoms with Gasteiger partial charge in [0.25, 0.3) is 0 Å². The minimum Gasteiger partial charge on any atom is -0.326 e. The van der Waals surface area contributed by atoms with E-state index in [0.29, 0.717) is 0 Å². The normalized spacial score (nSPS) is 24.1. The molecule has 2 N–H and O–H groups in total. The molecular weight excluding hydrogens is 324 g/mol. The first-order valence-electron chi connectivity index (χ1n) is 8.46. The Hall–Kier alpha value is -0.380. The van der Waals surface area contributed by atoms with Crippen LogP contribution in [0, 0.1) is 0 Å². The van der Waals surface area contributed by atoms with Crippen molar-refractivity contribution in [1.29, 1.82) is 0 Å². The van der Waals surface area contributed by atoms with Gasteiger partial charge in [-0.25, -0.2) is 0 Å². The molecule has 0 amide bonds. The van der Waals surface area contributed by atoms with Crippen LogP contribution in [0.15, 0.2) is 28.7 Å². The van der Waals surface area contributed by atoms with E-state index in [-0.39, 0.29) is 11.6 Å². The van der Waals surface area contributed by atoms with E-state index in [1.165, 1.54) is 68.1 Å². The zero-order valence-electron chi connectivity index (χ0n) is 12.9. The summed E-state index contributed by atoms with van der Waals surface area (Å²) in [6, 6.07) is 8.79. The zero-order chi connectivity index (χ0) is 14.7. The van der Waals surface area contributed by atoms with Gasteiger partial charge in [0.2, 0.25) is 0 Å². The molecule has 0 spiro atoms. The Bertz CT molecular complexity index is 462. The molecule has 0 bridgehead atoms. The van der Waals surface area contributed by atoms with Crippen molar-refractivity contribution in [1.82, 2.24) is 4.90 Å². The van der Waals surface area contributed by atoms with Gasteiger partial charge >= 0.3 is 0 Å². The Morgan fingerprint density at radius 3 is 2.38 bits per heavy atom. The predicted molar refractivity (Wildman–Crippen MR) is 92.4 cm³/mol. The van der Waals surface area contributed by atoms with Crippen LogP contribution < -0.4 is 5.73 Å². The highest BCUT2D eigenvalue weighted by molar-refractivity contribution is 9.10. The summed E-state index contributed by atoms with van der Waals surface area (Å²) >= 11 is 3.68. The molecular formula is C18H27BrN2. The first-order valence-corrected chi connectivity index (χ1v) is 9.26. The van der Waals surface area contributed by atoms with E-state index in [1.807, 2.05) is 0 Å². The minimum absolute atomic E-state index is 0.247. The van der Waals surface area contributed by atoms with Crippen molar-refractivity contribution in [3.63, 3.8) is 0 Å². The van der Waals surface area contributed by atoms with Crippen LogP contribution in [0.1, 0.15) is 50.5 Å². The van der Waals surface area contributed by atoms with Gasteiger partial charge in [-0.1, -0.05) is 53.4 Å². The number of hydrogen-bond acceptors (Lipinski definition) is 2. The van der Waals surface area contributed by atoms with E-state index in [2.05, 4.69) is 45.1 Å². The zero-order valence-corrected chi connectivity index (χ0v) is 14.4. The number of piperidine rings is 1. The predicted octanol–water partition coefficient (Wildman–Crippen LogP) is 4.12. The Morgan fingerprint density at radius 2 is 1.71 bits per heavy atom. The lowest BCUT2D eigenvalue weighted by Gasteiger charge is -2.47. The van der Waals surface area contributed by atoms with Gasteiger partial charge in [0.15, 0.2) is 0 Å². The summed E-state index contributed by atoms with van der Waals surface area (Å²) in [5.74, 6) is 0. The smallest absolute Gasteiger partial charge is 0.0363 e. The molecule has 1 heterocycles. The average molecular weight is 351 g/mol. The summed E-state index contributed by atoms with van der Waals surface area (Å²) < 4.78 is 1.20. The summed E-state index contributed by atoms with van der Waals surface area (Å²) in [7, 11) is 0. The Kier molecular flexibility index (Phi) is 5.03. The molecule has 2 nitrogen and oxygen atoms in total. The standard InChI is InChI=1S/C18H27BrN2/c19-16-9-3-2-8-15(16)14-17(20)18(10-4-5-11-18)21-12-6-1-7-13-21/h2-3,8-9,17H,1,4-7,10-14,20H2. The maximum Gasteiger partial charge on any atom is 0.0363 e. The highest BCUT2D eigenvalue weighted by atomic mass is 79.9. The fraction of sp³-hybridized carbons (Fsp3) is 0.667. The number of rotatable bonds is 4. The molecule has 0 radical (unpaired) electrons. The van der Waals surface area contributed by atoms with Crippen LogP contribution >= 0.6 is 15.9 Å². The number of nitrogens with two attached hydrogens (primary N) is 1. The van der Waals surface area contributed by atoms with Gasteiger partial charge in [-0.2, -0.15) is 0 Å². The first kappa shape index (κ1) is 15.5. The molecule has 1 saturated heterocycles. The third kappa shape index (κ3) is 3.20. The van der Waals surface area contributed by atoms with Crippen LogP contribution in [0.2, 0.25) is 0 Å². The molecule has 2 fully saturated rings. The molecule has 21 heavy (non-hydrogen) atoms. The largest absolute Gasteiger partial charge is 0.326 e. The molecule has 0 aromatic heterocycles. The quantitative estimate of drug-likeness (QED) is 0.884. The van der Waals surface area contributed by atoms with Gasteiger partial charge in [-0.3, -0.25) is 4.90 Å². The third-order valence-corrected chi connectivity index (χ3v) is 6.32. The van der Waals surface area contributed by atoms with Crippen LogP contribution in [0.5, 0.6) is 0 Å². The number of likely N-dealkylation sites (tertiary alicyclic amines) is 1. The Morgan fingerprint density at radius 1 is 1.05 bits per heavy atom. The van der Waals surface area contributed by atoms with Crippen molar-refractivity contribution < 1.29 is 0 Å². The summed E-state index contributed by atoms with van der Waals surface area (Å²) in [5, 5.41) is 0. The number of benzene rings is 1. The van der Waals surface area contributed by atoms with Gasteiger partial charge in [-0.15, -0.1) is 0 Å². The van der Waals surface area contributed by atoms with E-state index in [0.717, 1.165) is 6.42 Å². The lowest BCUT2D eigenvalue weighted by Crippen LogP contribution is -2.60. The third-order valence-electron chi connectivity index (χ3n) is 5.54. The first-order chi connectivity index (χ1) is 10.2. The summed E-state index contributed by atoms with van der Waals surface area (Å²) in [6.45, 7) is 2.51. The fourth-order valence-corrected chi connectivity index (χ4v) is 4.79. The van der Waals surface area contributed by atoms with Gasteiger partial charge in [0, 0.05) is 16.1 Å². The van der Waals surface area contributed by atoms with Crippen molar-refractivity contribution in [3.05, 3.63) is 34.3 Å². The monoisotopic (exact) mass is 350 g/mol. The van der Waals surface area contributed by atoms with E-state index < -0.39 is 0 Å². The number of halogens is 1. The molecule has 2 aliphatic rings. The van der Waals surface area contributed by atoms with Crippen molar-refractivity contribution in [2.75, 3.05) is 13.1 Å². The second-order valence-corrected chi connectivity index (χ2v) is 7.61. The van der Waals surface area contributed by atoms with E-state index in [9.17, 15) is 0 Å². The molecule has 1 atom stereocenters. The lowest BCUT2D eigenvalue weighted by molar-refractivity contribution is 0.0482. The molecule has 1 aliphatic carbocycles. The van der Waals surface area contributed by atoms with Gasteiger partial charge in [0.1, 0.15) is 0 Å². The highest BCUT2D eigenvalue weighted by Gasteiger charge is 2.44. The van der Waals surface area contributed by atoms with E-state index in [1.54, 1.807) is 0 Å². The van der Waals surface area contributed by atoms with Crippen LogP contribution in [-0.4, -0.2) is 29.6 Å².